The molecule has 0 aliphatic carbocycles. The van der Waals surface area contributed by atoms with Crippen LogP contribution >= 0.6 is 0 Å². The first-order chi connectivity index (χ1) is 10.9. The first-order valence-corrected chi connectivity index (χ1v) is 7.55. The summed E-state index contributed by atoms with van der Waals surface area (Å²) in [4.78, 5) is 0. The van der Waals surface area contributed by atoms with E-state index in [0.717, 1.165) is 24.5 Å². The van der Waals surface area contributed by atoms with Gasteiger partial charge in [0.25, 0.3) is 0 Å². The van der Waals surface area contributed by atoms with Gasteiger partial charge in [0.15, 0.2) is 0 Å². The van der Waals surface area contributed by atoms with Crippen LogP contribution in [0.4, 0.5) is 5.69 Å². The fourth-order valence-electron chi connectivity index (χ4n) is 2.87. The monoisotopic (exact) mass is 287 g/mol. The van der Waals surface area contributed by atoms with E-state index < -0.39 is 0 Å². The lowest BCUT2D eigenvalue weighted by molar-refractivity contribution is 0.482. The second kappa shape index (κ2) is 5.57. The van der Waals surface area contributed by atoms with Crippen molar-refractivity contribution in [1.82, 2.24) is 0 Å². The van der Waals surface area contributed by atoms with E-state index in [0.29, 0.717) is 0 Å². The molecule has 0 spiro atoms. The Bertz CT molecular complexity index is 796. The SMILES string of the molecule is c1ccc(Oc2ccc3c(c2)Cc2ccccc2NC3)cc1. The predicted molar refractivity (Wildman–Crippen MR) is 89.5 cm³/mol. The van der Waals surface area contributed by atoms with E-state index >= 15 is 0 Å². The largest absolute Gasteiger partial charge is 0.457 e. The van der Waals surface area contributed by atoms with Crippen molar-refractivity contribution in [2.75, 3.05) is 5.32 Å². The lowest BCUT2D eigenvalue weighted by Gasteiger charge is -2.10. The molecule has 2 heteroatoms. The van der Waals surface area contributed by atoms with Crippen molar-refractivity contribution >= 4 is 5.69 Å². The molecule has 0 bridgehead atoms. The molecule has 0 amide bonds. The molecule has 2 nitrogen and oxygen atoms in total. The van der Waals surface area contributed by atoms with Gasteiger partial charge < -0.3 is 10.1 Å². The van der Waals surface area contributed by atoms with Crippen LogP contribution in [0.25, 0.3) is 0 Å². The molecule has 1 aliphatic rings. The molecule has 0 fully saturated rings. The minimum absolute atomic E-state index is 0.859. The highest BCUT2D eigenvalue weighted by Gasteiger charge is 2.13. The Morgan fingerprint density at radius 3 is 2.41 bits per heavy atom. The quantitative estimate of drug-likeness (QED) is 0.716. The second-order valence-electron chi connectivity index (χ2n) is 5.53. The zero-order valence-electron chi connectivity index (χ0n) is 12.3. The van der Waals surface area contributed by atoms with E-state index in [1.165, 1.54) is 22.4 Å². The normalized spacial score (nSPS) is 12.5. The minimum Gasteiger partial charge on any atom is -0.457 e. The van der Waals surface area contributed by atoms with Crippen LogP contribution < -0.4 is 10.1 Å². The van der Waals surface area contributed by atoms with Crippen molar-refractivity contribution < 1.29 is 4.74 Å². The molecule has 3 aromatic rings. The molecule has 108 valence electrons. The number of benzene rings is 3. The van der Waals surface area contributed by atoms with Crippen molar-refractivity contribution in [3.05, 3.63) is 89.5 Å². The lowest BCUT2D eigenvalue weighted by atomic mass is 10.0. The highest BCUT2D eigenvalue weighted by Crippen LogP contribution is 2.30. The van der Waals surface area contributed by atoms with Crippen LogP contribution in [0.1, 0.15) is 16.7 Å². The summed E-state index contributed by atoms with van der Waals surface area (Å²) in [6.45, 7) is 0.859. The lowest BCUT2D eigenvalue weighted by Crippen LogP contribution is -1.99. The van der Waals surface area contributed by atoms with Gasteiger partial charge in [0.2, 0.25) is 0 Å². The zero-order chi connectivity index (χ0) is 14.8. The Morgan fingerprint density at radius 1 is 0.682 bits per heavy atom. The highest BCUT2D eigenvalue weighted by molar-refractivity contribution is 5.57. The molecule has 4 rings (SSSR count). The van der Waals surface area contributed by atoms with Crippen molar-refractivity contribution in [2.45, 2.75) is 13.0 Å². The maximum atomic E-state index is 5.95. The Hall–Kier alpha value is -2.74. The third-order valence-electron chi connectivity index (χ3n) is 4.02. The molecule has 0 unspecified atom stereocenters. The van der Waals surface area contributed by atoms with Crippen LogP contribution in [0.2, 0.25) is 0 Å². The van der Waals surface area contributed by atoms with Crippen molar-refractivity contribution in [1.29, 1.82) is 0 Å². The summed E-state index contributed by atoms with van der Waals surface area (Å²) in [5.74, 6) is 1.76. The van der Waals surface area contributed by atoms with Gasteiger partial charge in [-0.15, -0.1) is 0 Å². The Morgan fingerprint density at radius 2 is 1.50 bits per heavy atom. The summed E-state index contributed by atoms with van der Waals surface area (Å²) in [7, 11) is 0. The van der Waals surface area contributed by atoms with Gasteiger partial charge >= 0.3 is 0 Å². The number of fused-ring (bicyclic) bond motifs is 2. The van der Waals surface area contributed by atoms with E-state index in [9.17, 15) is 0 Å². The number of hydrogen-bond donors (Lipinski definition) is 1. The number of ether oxygens (including phenoxy) is 1. The van der Waals surface area contributed by atoms with Gasteiger partial charge in [-0.2, -0.15) is 0 Å². The van der Waals surface area contributed by atoms with E-state index in [4.69, 9.17) is 4.74 Å². The minimum atomic E-state index is 0.859. The predicted octanol–water partition coefficient (Wildman–Crippen LogP) is 5.00. The smallest absolute Gasteiger partial charge is 0.127 e. The number of anilines is 1. The number of para-hydroxylation sites is 2. The molecule has 1 N–H and O–H groups in total. The molecule has 0 aromatic heterocycles. The van der Waals surface area contributed by atoms with Crippen molar-refractivity contribution in [3.8, 4) is 11.5 Å². The first kappa shape index (κ1) is 13.0. The van der Waals surface area contributed by atoms with Crippen LogP contribution in [0, 0.1) is 0 Å². The molecular weight excluding hydrogens is 270 g/mol. The molecule has 3 aromatic carbocycles. The molecule has 1 heterocycles. The first-order valence-electron chi connectivity index (χ1n) is 7.55. The molecule has 0 radical (unpaired) electrons. The van der Waals surface area contributed by atoms with Crippen LogP contribution in [-0.2, 0) is 13.0 Å². The molecule has 0 saturated carbocycles. The Balaban J connectivity index is 1.66. The van der Waals surface area contributed by atoms with Crippen LogP contribution in [-0.4, -0.2) is 0 Å². The molecular formula is C20H17NO. The molecule has 0 atom stereocenters. The van der Waals surface area contributed by atoms with Gasteiger partial charge in [-0.05, 0) is 53.4 Å². The molecule has 22 heavy (non-hydrogen) atoms. The summed E-state index contributed by atoms with van der Waals surface area (Å²) in [5.41, 5.74) is 5.21. The highest BCUT2D eigenvalue weighted by atomic mass is 16.5. The molecule has 0 saturated heterocycles. The Kier molecular flexibility index (Phi) is 3.28. The number of rotatable bonds is 2. The number of hydrogen-bond acceptors (Lipinski definition) is 2. The fraction of sp³-hybridized carbons (Fsp3) is 0.100. The van der Waals surface area contributed by atoms with Gasteiger partial charge in [0.1, 0.15) is 11.5 Å². The topological polar surface area (TPSA) is 21.3 Å². The van der Waals surface area contributed by atoms with Gasteiger partial charge in [-0.1, -0.05) is 42.5 Å². The third-order valence-corrected chi connectivity index (χ3v) is 4.02. The van der Waals surface area contributed by atoms with Gasteiger partial charge in [-0.25, -0.2) is 0 Å². The van der Waals surface area contributed by atoms with Gasteiger partial charge in [-0.3, -0.25) is 0 Å². The summed E-state index contributed by atoms with van der Waals surface area (Å²) < 4.78 is 5.95. The van der Waals surface area contributed by atoms with Crippen LogP contribution in [0.15, 0.2) is 72.8 Å². The van der Waals surface area contributed by atoms with E-state index in [2.05, 4.69) is 41.7 Å². The summed E-state index contributed by atoms with van der Waals surface area (Å²) in [6, 6.07) is 24.8. The van der Waals surface area contributed by atoms with Crippen LogP contribution in [0.3, 0.4) is 0 Å². The van der Waals surface area contributed by atoms with Crippen LogP contribution in [0.5, 0.6) is 11.5 Å². The summed E-state index contributed by atoms with van der Waals surface area (Å²) in [6.07, 6.45) is 0.935. The second-order valence-corrected chi connectivity index (χ2v) is 5.53. The maximum absolute atomic E-state index is 5.95. The van der Waals surface area contributed by atoms with E-state index in [1.54, 1.807) is 0 Å². The summed E-state index contributed by atoms with van der Waals surface area (Å²) >= 11 is 0. The molecule has 1 aliphatic heterocycles. The van der Waals surface area contributed by atoms with E-state index in [-0.39, 0.29) is 0 Å². The number of nitrogens with one attached hydrogen (secondary N) is 1. The fourth-order valence-corrected chi connectivity index (χ4v) is 2.87. The Labute approximate surface area is 130 Å². The van der Waals surface area contributed by atoms with E-state index in [1.807, 2.05) is 36.4 Å². The van der Waals surface area contributed by atoms with Crippen molar-refractivity contribution in [3.63, 3.8) is 0 Å². The zero-order valence-corrected chi connectivity index (χ0v) is 12.3. The standard InChI is InChI=1S/C20H17NO/c1-2-7-18(8-3-1)22-19-11-10-16-14-21-20-9-5-4-6-15(20)12-17(16)13-19/h1-11,13,21H,12,14H2. The summed E-state index contributed by atoms with van der Waals surface area (Å²) in [5, 5.41) is 3.51. The van der Waals surface area contributed by atoms with Crippen molar-refractivity contribution in [2.24, 2.45) is 0 Å². The van der Waals surface area contributed by atoms with Gasteiger partial charge in [0.05, 0.1) is 0 Å². The van der Waals surface area contributed by atoms with Gasteiger partial charge in [0, 0.05) is 12.2 Å². The average Bonchev–Trinajstić information content (AvgIpc) is 2.74. The average molecular weight is 287 g/mol. The maximum Gasteiger partial charge on any atom is 0.127 e. The third kappa shape index (κ3) is 2.56.